The maximum Gasteiger partial charge on any atom is 0.251 e. The van der Waals surface area contributed by atoms with E-state index in [1.165, 1.54) is 0 Å². The summed E-state index contributed by atoms with van der Waals surface area (Å²) in [5.41, 5.74) is 0.482. The van der Waals surface area contributed by atoms with E-state index >= 15 is 0 Å². The Kier molecular flexibility index (Phi) is 3.91. The minimum Gasteiger partial charge on any atom is -0.337 e. The highest BCUT2D eigenvalue weighted by Gasteiger charge is 2.12. The zero-order valence-electron chi connectivity index (χ0n) is 8.65. The van der Waals surface area contributed by atoms with Gasteiger partial charge in [-0.1, -0.05) is 15.9 Å². The van der Waals surface area contributed by atoms with E-state index in [1.54, 1.807) is 18.2 Å². The van der Waals surface area contributed by atoms with Crippen LogP contribution in [0.5, 0.6) is 0 Å². The van der Waals surface area contributed by atoms with Crippen molar-refractivity contribution in [3.63, 3.8) is 0 Å². The Bertz CT molecular complexity index is 605. The maximum atomic E-state index is 13.4. The molecule has 0 saturated heterocycles. The Labute approximate surface area is 117 Å². The summed E-state index contributed by atoms with van der Waals surface area (Å²) in [6, 6.07) is 5.51. The fourth-order valence-electron chi connectivity index (χ4n) is 1.25. The summed E-state index contributed by atoms with van der Waals surface area (Å²) in [6.45, 7) is 0. The number of anilines is 2. The molecule has 1 aromatic carbocycles. The Balaban J connectivity index is 2.37. The van der Waals surface area contributed by atoms with Crippen LogP contribution in [0.2, 0.25) is 0 Å². The summed E-state index contributed by atoms with van der Waals surface area (Å²) in [5.74, 6) is -4.03. The van der Waals surface area contributed by atoms with E-state index < -0.39 is 17.6 Å². The minimum absolute atomic E-state index is 0.378. The summed E-state index contributed by atoms with van der Waals surface area (Å²) < 4.78 is 40.4. The smallest absolute Gasteiger partial charge is 0.251 e. The van der Waals surface area contributed by atoms with Crippen LogP contribution >= 0.6 is 31.9 Å². The summed E-state index contributed by atoms with van der Waals surface area (Å²) in [6.07, 6.45) is 0. The van der Waals surface area contributed by atoms with Crippen LogP contribution < -0.4 is 5.32 Å². The van der Waals surface area contributed by atoms with Crippen LogP contribution in [0.3, 0.4) is 0 Å². The number of pyridine rings is 1. The van der Waals surface area contributed by atoms with E-state index in [9.17, 15) is 13.2 Å². The fraction of sp³-hybridized carbons (Fsp3) is 0. The van der Waals surface area contributed by atoms with Crippen molar-refractivity contribution in [2.75, 3.05) is 5.32 Å². The third-order valence-corrected chi connectivity index (χ3v) is 3.22. The van der Waals surface area contributed by atoms with Gasteiger partial charge in [-0.2, -0.15) is 9.37 Å². The van der Waals surface area contributed by atoms with Crippen LogP contribution in [-0.2, 0) is 0 Å². The van der Waals surface area contributed by atoms with E-state index in [0.717, 1.165) is 4.47 Å². The van der Waals surface area contributed by atoms with Gasteiger partial charge in [0, 0.05) is 15.0 Å². The molecule has 0 bridgehead atoms. The monoisotopic (exact) mass is 380 g/mol. The number of aromatic nitrogens is 1. The third-order valence-electron chi connectivity index (χ3n) is 2.07. The van der Waals surface area contributed by atoms with Crippen LogP contribution in [0.15, 0.2) is 33.2 Å². The van der Waals surface area contributed by atoms with E-state index in [1.807, 2.05) is 0 Å². The first-order valence-corrected chi connectivity index (χ1v) is 6.29. The Hall–Kier alpha value is -1.08. The molecule has 0 atom stereocenters. The molecule has 0 aliphatic carbocycles. The van der Waals surface area contributed by atoms with Crippen molar-refractivity contribution in [1.82, 2.24) is 4.98 Å². The number of nitrogens with zero attached hydrogens (tertiary/aromatic N) is 1. The van der Waals surface area contributed by atoms with Crippen molar-refractivity contribution < 1.29 is 13.2 Å². The highest BCUT2D eigenvalue weighted by atomic mass is 79.9. The number of hydrogen-bond acceptors (Lipinski definition) is 2. The zero-order chi connectivity index (χ0) is 13.3. The van der Waals surface area contributed by atoms with Gasteiger partial charge < -0.3 is 5.32 Å². The predicted octanol–water partition coefficient (Wildman–Crippen LogP) is 4.77. The second kappa shape index (κ2) is 5.27. The molecule has 0 saturated carbocycles. The molecule has 2 rings (SSSR count). The van der Waals surface area contributed by atoms with Crippen molar-refractivity contribution in [3.8, 4) is 0 Å². The van der Waals surface area contributed by atoms with Crippen molar-refractivity contribution in [2.45, 2.75) is 0 Å². The van der Waals surface area contributed by atoms with E-state index in [-0.39, 0.29) is 5.82 Å². The lowest BCUT2D eigenvalue weighted by Crippen LogP contribution is -2.02. The zero-order valence-corrected chi connectivity index (χ0v) is 11.8. The Morgan fingerprint density at radius 3 is 2.39 bits per heavy atom. The summed E-state index contributed by atoms with van der Waals surface area (Å²) >= 11 is 6.51. The number of hydrogen-bond donors (Lipinski definition) is 1. The Morgan fingerprint density at radius 1 is 1.00 bits per heavy atom. The molecule has 94 valence electrons. The number of halogens is 5. The van der Waals surface area contributed by atoms with Crippen LogP contribution in [-0.4, -0.2) is 4.98 Å². The molecule has 18 heavy (non-hydrogen) atoms. The fourth-order valence-corrected chi connectivity index (χ4v) is 2.40. The predicted molar refractivity (Wildman–Crippen MR) is 69.2 cm³/mol. The van der Waals surface area contributed by atoms with Gasteiger partial charge in [0.15, 0.2) is 17.5 Å². The number of benzene rings is 1. The molecule has 0 amide bonds. The van der Waals surface area contributed by atoms with Crippen LogP contribution in [0.1, 0.15) is 0 Å². The van der Waals surface area contributed by atoms with Gasteiger partial charge in [0.25, 0.3) is 5.95 Å². The van der Waals surface area contributed by atoms with Crippen molar-refractivity contribution in [2.24, 2.45) is 0 Å². The molecule has 0 fully saturated rings. The maximum absolute atomic E-state index is 13.4. The molecule has 2 nitrogen and oxygen atoms in total. The van der Waals surface area contributed by atoms with Gasteiger partial charge >= 0.3 is 0 Å². The second-order valence-corrected chi connectivity index (χ2v) is 5.11. The molecule has 1 N–H and O–H groups in total. The molecular weight excluding hydrogens is 377 g/mol. The number of nitrogens with one attached hydrogen (secondary N) is 1. The minimum atomic E-state index is -1.35. The molecule has 1 aromatic heterocycles. The number of rotatable bonds is 2. The molecule has 1 heterocycles. The first-order chi connectivity index (χ1) is 8.47. The van der Waals surface area contributed by atoms with Crippen molar-refractivity contribution in [1.29, 1.82) is 0 Å². The van der Waals surface area contributed by atoms with Gasteiger partial charge in [0.2, 0.25) is 0 Å². The summed E-state index contributed by atoms with van der Waals surface area (Å²) in [4.78, 5) is 3.17. The highest BCUT2D eigenvalue weighted by molar-refractivity contribution is 9.11. The van der Waals surface area contributed by atoms with Gasteiger partial charge in [-0.15, -0.1) is 0 Å². The lowest BCUT2D eigenvalue weighted by atomic mass is 10.3. The van der Waals surface area contributed by atoms with Gasteiger partial charge in [-0.3, -0.25) is 0 Å². The molecular formula is C11H5Br2F3N2. The molecule has 0 radical (unpaired) electrons. The topological polar surface area (TPSA) is 24.9 Å². The standard InChI is InChI=1S/C11H5Br2F3N2/c12-5-1-2-9(6(13)3-5)17-11-8(15)4-7(14)10(16)18-11/h1-4H,(H,17,18). The third kappa shape index (κ3) is 2.84. The lowest BCUT2D eigenvalue weighted by molar-refractivity contribution is 0.467. The van der Waals surface area contributed by atoms with E-state index in [2.05, 4.69) is 42.2 Å². The summed E-state index contributed by atoms with van der Waals surface area (Å²) in [7, 11) is 0. The molecule has 2 aromatic rings. The van der Waals surface area contributed by atoms with E-state index in [4.69, 9.17) is 0 Å². The largest absolute Gasteiger partial charge is 0.337 e. The molecule has 0 unspecified atom stereocenters. The molecule has 0 aliphatic heterocycles. The SMILES string of the molecule is Fc1cc(F)c(Nc2ccc(Br)cc2Br)nc1F. The summed E-state index contributed by atoms with van der Waals surface area (Å²) in [5, 5.41) is 2.58. The van der Waals surface area contributed by atoms with Crippen LogP contribution in [0, 0.1) is 17.6 Å². The normalized spacial score (nSPS) is 10.5. The first-order valence-electron chi connectivity index (χ1n) is 4.71. The van der Waals surface area contributed by atoms with E-state index in [0.29, 0.717) is 16.2 Å². The van der Waals surface area contributed by atoms with Crippen LogP contribution in [0.4, 0.5) is 24.7 Å². The molecule has 0 aliphatic rings. The first kappa shape index (κ1) is 13.4. The van der Waals surface area contributed by atoms with Crippen molar-refractivity contribution >= 4 is 43.4 Å². The molecule has 7 heteroatoms. The van der Waals surface area contributed by atoms with Crippen molar-refractivity contribution in [3.05, 3.63) is 50.8 Å². The van der Waals surface area contributed by atoms with Gasteiger partial charge in [0.1, 0.15) is 0 Å². The van der Waals surface area contributed by atoms with Gasteiger partial charge in [0.05, 0.1) is 5.69 Å². The second-order valence-electron chi connectivity index (χ2n) is 3.34. The van der Waals surface area contributed by atoms with Gasteiger partial charge in [-0.25, -0.2) is 8.78 Å². The van der Waals surface area contributed by atoms with Gasteiger partial charge in [-0.05, 0) is 34.1 Å². The lowest BCUT2D eigenvalue weighted by Gasteiger charge is -2.09. The average Bonchev–Trinajstić information content (AvgIpc) is 2.29. The quantitative estimate of drug-likeness (QED) is 0.758. The average molecular weight is 382 g/mol. The highest BCUT2D eigenvalue weighted by Crippen LogP contribution is 2.29. The van der Waals surface area contributed by atoms with Crippen LogP contribution in [0.25, 0.3) is 0 Å². The Morgan fingerprint density at radius 2 is 1.72 bits per heavy atom. The molecule has 0 spiro atoms.